The Morgan fingerprint density at radius 3 is 3.00 bits per heavy atom. The van der Waals surface area contributed by atoms with E-state index in [4.69, 9.17) is 0 Å². The van der Waals surface area contributed by atoms with Crippen molar-refractivity contribution >= 4 is 11.8 Å². The predicted octanol–water partition coefficient (Wildman–Crippen LogP) is 1.36. The number of amides is 2. The molecule has 70 valence electrons. The number of rotatable bonds is 2. The second-order valence-corrected chi connectivity index (χ2v) is 2.33. The molecule has 0 saturated heterocycles. The van der Waals surface area contributed by atoms with Crippen LogP contribution in [-0.2, 0) is 0 Å². The molecule has 0 saturated carbocycles. The minimum absolute atomic E-state index is 0.200. The molecule has 4 nitrogen and oxygen atoms in total. The highest BCUT2D eigenvalue weighted by Crippen LogP contribution is 2.02. The first-order valence-electron chi connectivity index (χ1n) is 3.89. The van der Waals surface area contributed by atoms with E-state index in [-0.39, 0.29) is 11.8 Å². The molecule has 13 heavy (non-hydrogen) atoms. The summed E-state index contributed by atoms with van der Waals surface area (Å²) in [5, 5.41) is 4.88. The number of hydrogen-bond donors (Lipinski definition) is 2. The predicted molar refractivity (Wildman–Crippen MR) is 46.9 cm³/mol. The van der Waals surface area contributed by atoms with Gasteiger partial charge in [-0.2, -0.15) is 4.39 Å². The third-order valence-corrected chi connectivity index (χ3v) is 1.29. The topological polar surface area (TPSA) is 54.0 Å². The summed E-state index contributed by atoms with van der Waals surface area (Å²) in [6, 6.07) is 3.81. The second kappa shape index (κ2) is 4.39. The van der Waals surface area contributed by atoms with Crippen LogP contribution in [0.25, 0.3) is 0 Å². The van der Waals surface area contributed by atoms with Crippen LogP contribution in [0.2, 0.25) is 0 Å². The van der Waals surface area contributed by atoms with Crippen molar-refractivity contribution in [2.45, 2.75) is 6.92 Å². The number of urea groups is 1. The van der Waals surface area contributed by atoms with Crippen molar-refractivity contribution in [1.82, 2.24) is 10.3 Å². The molecule has 0 radical (unpaired) electrons. The van der Waals surface area contributed by atoms with Gasteiger partial charge in [-0.15, -0.1) is 0 Å². The maximum Gasteiger partial charge on any atom is 0.320 e. The van der Waals surface area contributed by atoms with Crippen LogP contribution in [0.4, 0.5) is 15.0 Å². The van der Waals surface area contributed by atoms with Gasteiger partial charge in [-0.3, -0.25) is 5.32 Å². The van der Waals surface area contributed by atoms with Gasteiger partial charge in [0.1, 0.15) is 5.82 Å². The molecule has 0 aliphatic heterocycles. The van der Waals surface area contributed by atoms with Crippen LogP contribution >= 0.6 is 0 Å². The molecule has 0 spiro atoms. The van der Waals surface area contributed by atoms with Gasteiger partial charge in [0.25, 0.3) is 0 Å². The zero-order chi connectivity index (χ0) is 9.68. The number of nitrogens with zero attached hydrogens (tertiary/aromatic N) is 1. The van der Waals surface area contributed by atoms with Crippen LogP contribution in [0.15, 0.2) is 18.2 Å². The molecule has 0 aliphatic rings. The Labute approximate surface area is 75.2 Å². The van der Waals surface area contributed by atoms with E-state index in [1.807, 2.05) is 0 Å². The van der Waals surface area contributed by atoms with Gasteiger partial charge in [-0.1, -0.05) is 6.07 Å². The van der Waals surface area contributed by atoms with Crippen molar-refractivity contribution in [3.05, 3.63) is 24.1 Å². The third-order valence-electron chi connectivity index (χ3n) is 1.29. The van der Waals surface area contributed by atoms with E-state index in [1.165, 1.54) is 18.2 Å². The van der Waals surface area contributed by atoms with Gasteiger partial charge >= 0.3 is 6.03 Å². The van der Waals surface area contributed by atoms with Gasteiger partial charge in [0, 0.05) is 6.54 Å². The summed E-state index contributed by atoms with van der Waals surface area (Å²) in [6.45, 7) is 2.31. The number of hydrogen-bond acceptors (Lipinski definition) is 2. The smallest absolute Gasteiger partial charge is 0.320 e. The first-order chi connectivity index (χ1) is 6.22. The SMILES string of the molecule is CCNC(=O)Nc1cccc(F)n1. The van der Waals surface area contributed by atoms with E-state index in [0.717, 1.165) is 0 Å². The zero-order valence-electron chi connectivity index (χ0n) is 7.17. The molecule has 0 atom stereocenters. The minimum atomic E-state index is -0.616. The highest BCUT2D eigenvalue weighted by Gasteiger charge is 2.00. The van der Waals surface area contributed by atoms with Gasteiger partial charge in [-0.05, 0) is 19.1 Å². The number of carbonyl (C=O) groups excluding carboxylic acids is 1. The van der Waals surface area contributed by atoms with Gasteiger partial charge in [-0.25, -0.2) is 9.78 Å². The Kier molecular flexibility index (Phi) is 3.19. The molecule has 0 unspecified atom stereocenters. The summed E-state index contributed by atoms with van der Waals surface area (Å²) in [5.41, 5.74) is 0. The van der Waals surface area contributed by atoms with Crippen LogP contribution in [0.5, 0.6) is 0 Å². The fourth-order valence-electron chi connectivity index (χ4n) is 0.799. The van der Waals surface area contributed by atoms with Crippen LogP contribution in [0.1, 0.15) is 6.92 Å². The minimum Gasteiger partial charge on any atom is -0.338 e. The number of carbonyl (C=O) groups is 1. The molecule has 0 fully saturated rings. The van der Waals surface area contributed by atoms with Crippen LogP contribution in [-0.4, -0.2) is 17.6 Å². The number of pyridine rings is 1. The van der Waals surface area contributed by atoms with Crippen molar-refractivity contribution < 1.29 is 9.18 Å². The molecule has 0 aliphatic carbocycles. The molecule has 1 aromatic rings. The Bertz CT molecular complexity index is 303. The highest BCUT2D eigenvalue weighted by atomic mass is 19.1. The lowest BCUT2D eigenvalue weighted by Crippen LogP contribution is -2.28. The summed E-state index contributed by atoms with van der Waals surface area (Å²) in [6.07, 6.45) is 0. The van der Waals surface area contributed by atoms with E-state index >= 15 is 0 Å². The number of nitrogens with one attached hydrogen (secondary N) is 2. The lowest BCUT2D eigenvalue weighted by atomic mass is 10.4. The molecule has 5 heteroatoms. The number of aromatic nitrogens is 1. The van der Waals surface area contributed by atoms with Crippen LogP contribution in [0, 0.1) is 5.95 Å². The van der Waals surface area contributed by atoms with E-state index in [9.17, 15) is 9.18 Å². The Morgan fingerprint density at radius 2 is 2.38 bits per heavy atom. The second-order valence-electron chi connectivity index (χ2n) is 2.33. The standard InChI is InChI=1S/C8H10FN3O/c1-2-10-8(13)12-7-5-3-4-6(9)11-7/h3-5H,2H2,1H3,(H2,10,11,12,13). The number of anilines is 1. The van der Waals surface area contributed by atoms with Crippen LogP contribution in [0.3, 0.4) is 0 Å². The summed E-state index contributed by atoms with van der Waals surface area (Å²) in [4.78, 5) is 14.4. The van der Waals surface area contributed by atoms with E-state index in [1.54, 1.807) is 6.92 Å². The van der Waals surface area contributed by atoms with Gasteiger partial charge in [0.15, 0.2) is 0 Å². The van der Waals surface area contributed by atoms with Crippen molar-refractivity contribution in [3.63, 3.8) is 0 Å². The van der Waals surface area contributed by atoms with E-state index in [2.05, 4.69) is 15.6 Å². The maximum atomic E-state index is 12.5. The Hall–Kier alpha value is -1.65. The van der Waals surface area contributed by atoms with E-state index < -0.39 is 5.95 Å². The third kappa shape index (κ3) is 3.06. The molecule has 1 aromatic heterocycles. The lowest BCUT2D eigenvalue weighted by molar-refractivity contribution is 0.252. The summed E-state index contributed by atoms with van der Waals surface area (Å²) in [7, 11) is 0. The Morgan fingerprint density at radius 1 is 1.62 bits per heavy atom. The van der Waals surface area contributed by atoms with Gasteiger partial charge in [0.2, 0.25) is 5.95 Å². The largest absolute Gasteiger partial charge is 0.338 e. The molecular formula is C8H10FN3O. The fraction of sp³-hybridized carbons (Fsp3) is 0.250. The highest BCUT2D eigenvalue weighted by molar-refractivity contribution is 5.88. The molecule has 0 bridgehead atoms. The molecule has 2 N–H and O–H groups in total. The van der Waals surface area contributed by atoms with Crippen molar-refractivity contribution in [2.75, 3.05) is 11.9 Å². The fourth-order valence-corrected chi connectivity index (χ4v) is 0.799. The number of halogens is 1. The molecule has 0 aromatic carbocycles. The summed E-state index contributed by atoms with van der Waals surface area (Å²) < 4.78 is 12.5. The van der Waals surface area contributed by atoms with Crippen molar-refractivity contribution in [1.29, 1.82) is 0 Å². The molecule has 1 rings (SSSR count). The average molecular weight is 183 g/mol. The van der Waals surface area contributed by atoms with Crippen LogP contribution < -0.4 is 10.6 Å². The maximum absolute atomic E-state index is 12.5. The lowest BCUT2D eigenvalue weighted by Gasteiger charge is -2.03. The first-order valence-corrected chi connectivity index (χ1v) is 3.89. The van der Waals surface area contributed by atoms with Gasteiger partial charge in [0.05, 0.1) is 0 Å². The molecule has 1 heterocycles. The quantitative estimate of drug-likeness (QED) is 0.680. The van der Waals surface area contributed by atoms with Gasteiger partial charge < -0.3 is 5.32 Å². The average Bonchev–Trinajstić information content (AvgIpc) is 2.04. The summed E-state index contributed by atoms with van der Waals surface area (Å²) >= 11 is 0. The van der Waals surface area contributed by atoms with Crippen molar-refractivity contribution in [3.8, 4) is 0 Å². The first kappa shape index (κ1) is 9.44. The monoisotopic (exact) mass is 183 g/mol. The Balaban J connectivity index is 2.58. The summed E-state index contributed by atoms with van der Waals surface area (Å²) in [5.74, 6) is -0.416. The van der Waals surface area contributed by atoms with Crippen molar-refractivity contribution in [2.24, 2.45) is 0 Å². The molecular weight excluding hydrogens is 173 g/mol. The zero-order valence-corrected chi connectivity index (χ0v) is 7.17. The normalized spacial score (nSPS) is 9.38. The van der Waals surface area contributed by atoms with E-state index in [0.29, 0.717) is 6.54 Å². The molecule has 2 amide bonds.